The van der Waals surface area contributed by atoms with Crippen molar-refractivity contribution in [3.05, 3.63) is 63.0 Å². The Morgan fingerprint density at radius 1 is 1.02 bits per heavy atom. The Bertz CT molecular complexity index is 1710. The molecule has 0 spiro atoms. The summed E-state index contributed by atoms with van der Waals surface area (Å²) in [7, 11) is 0. The van der Waals surface area contributed by atoms with Crippen molar-refractivity contribution in [1.82, 2.24) is 19.4 Å². The summed E-state index contributed by atoms with van der Waals surface area (Å²) in [4.78, 5) is 24.6. The fourth-order valence-electron chi connectivity index (χ4n) is 7.26. The number of piperidine rings is 1. The molecule has 246 valence electrons. The van der Waals surface area contributed by atoms with Gasteiger partial charge in [0.25, 0.3) is 17.9 Å². The number of hydrogen-bond acceptors (Lipinski definition) is 6. The van der Waals surface area contributed by atoms with E-state index < -0.39 is 47.1 Å². The zero-order valence-electron chi connectivity index (χ0n) is 26.1. The highest BCUT2D eigenvalue weighted by atomic mass is 19.3. The summed E-state index contributed by atoms with van der Waals surface area (Å²) in [6.45, 7) is 3.83. The number of rotatable bonds is 2. The number of pyridine rings is 1. The summed E-state index contributed by atoms with van der Waals surface area (Å²) < 4.78 is 77.7. The first kappa shape index (κ1) is 32.4. The van der Waals surface area contributed by atoms with Gasteiger partial charge in [-0.2, -0.15) is 5.26 Å². The van der Waals surface area contributed by atoms with Crippen LogP contribution in [-0.2, 0) is 17.9 Å². The second-order valence-electron chi connectivity index (χ2n) is 13.2. The first-order valence-corrected chi connectivity index (χ1v) is 16.3. The van der Waals surface area contributed by atoms with Crippen molar-refractivity contribution in [3.63, 3.8) is 0 Å². The van der Waals surface area contributed by atoms with Crippen LogP contribution in [-0.4, -0.2) is 45.0 Å². The fraction of sp³-hybridized carbons (Fsp3) is 0.588. The van der Waals surface area contributed by atoms with Gasteiger partial charge in [-0.3, -0.25) is 14.3 Å². The molecule has 5 heterocycles. The lowest BCUT2D eigenvalue weighted by molar-refractivity contribution is -0.0976. The average molecular weight is 643 g/mol. The maximum atomic E-state index is 16.0. The molecular formula is C34H39F5N6O. The van der Waals surface area contributed by atoms with Crippen molar-refractivity contribution in [2.24, 2.45) is 5.92 Å². The van der Waals surface area contributed by atoms with Crippen LogP contribution in [0.5, 0.6) is 0 Å². The molecule has 0 radical (unpaired) electrons. The van der Waals surface area contributed by atoms with E-state index in [1.807, 2.05) is 0 Å². The Labute approximate surface area is 264 Å². The normalized spacial score (nSPS) is 26.3. The van der Waals surface area contributed by atoms with Crippen LogP contribution in [0.4, 0.5) is 27.8 Å². The van der Waals surface area contributed by atoms with Crippen molar-refractivity contribution in [1.29, 1.82) is 5.26 Å². The van der Waals surface area contributed by atoms with E-state index in [1.54, 1.807) is 29.4 Å². The zero-order valence-corrected chi connectivity index (χ0v) is 26.1. The van der Waals surface area contributed by atoms with Crippen LogP contribution in [0.15, 0.2) is 29.1 Å². The summed E-state index contributed by atoms with van der Waals surface area (Å²) in [6, 6.07) is 6.06. The molecule has 12 heteroatoms. The van der Waals surface area contributed by atoms with E-state index in [0.29, 0.717) is 73.3 Å². The third kappa shape index (κ3) is 5.87. The lowest BCUT2D eigenvalue weighted by atomic mass is 9.84. The van der Waals surface area contributed by atoms with Crippen LogP contribution in [0.25, 0.3) is 11.0 Å². The molecule has 3 aromatic rings. The lowest BCUT2D eigenvalue weighted by Gasteiger charge is -2.39. The molecule has 1 saturated carbocycles. The van der Waals surface area contributed by atoms with Crippen LogP contribution in [0.2, 0.25) is 0 Å². The Morgan fingerprint density at radius 3 is 2.41 bits per heavy atom. The zero-order chi connectivity index (χ0) is 32.8. The van der Waals surface area contributed by atoms with Gasteiger partial charge in [0.1, 0.15) is 23.1 Å². The first-order valence-electron chi connectivity index (χ1n) is 16.3. The SMILES string of the molecule is Cc1nc2c3cc(C4(C#N)CC4)c(=O)n(c3n1)CCCCCCC(C(F)F)N1CCC(CC1)C(F)(F)c1cccc(c1F)[C@@H](C)N2. The molecule has 1 aliphatic carbocycles. The Morgan fingerprint density at radius 2 is 1.74 bits per heavy atom. The highest BCUT2D eigenvalue weighted by Crippen LogP contribution is 2.47. The molecule has 7 nitrogen and oxygen atoms in total. The lowest BCUT2D eigenvalue weighted by Crippen LogP contribution is -2.47. The molecule has 0 amide bonds. The summed E-state index contributed by atoms with van der Waals surface area (Å²) in [5, 5.41) is 13.6. The largest absolute Gasteiger partial charge is 0.363 e. The van der Waals surface area contributed by atoms with E-state index >= 15 is 13.2 Å². The van der Waals surface area contributed by atoms with Crippen LogP contribution < -0.4 is 10.9 Å². The van der Waals surface area contributed by atoms with E-state index in [4.69, 9.17) is 0 Å². The number of aryl methyl sites for hydroxylation is 2. The van der Waals surface area contributed by atoms with Crippen LogP contribution in [0.3, 0.4) is 0 Å². The van der Waals surface area contributed by atoms with Gasteiger partial charge in [-0.1, -0.05) is 37.5 Å². The number of halogens is 5. The molecule has 3 aliphatic heterocycles. The molecule has 1 N–H and O–H groups in total. The maximum absolute atomic E-state index is 16.0. The quantitative estimate of drug-likeness (QED) is 0.294. The van der Waals surface area contributed by atoms with E-state index in [9.17, 15) is 18.8 Å². The fourth-order valence-corrected chi connectivity index (χ4v) is 7.26. The highest BCUT2D eigenvalue weighted by Gasteiger charge is 2.48. The number of benzene rings is 1. The standard InChI is InChI=1S/C34H39F5N6O/c1-20-23-8-7-9-25(28(23)35)34(38,39)22-11-16-44(17-12-22)27(29(36)37)10-5-3-4-6-15-45-31-24(30(41-20)42-21(2)43-31)18-26(32(45)46)33(19-40)13-14-33/h7-9,18,20,22,27,29H,3-6,10-17H2,1-2H3,(H,41,42,43)/t20-,27?/m1/s1. The number of aromatic nitrogens is 3. The van der Waals surface area contributed by atoms with E-state index in [0.717, 1.165) is 6.07 Å². The maximum Gasteiger partial charge on any atom is 0.278 e. The van der Waals surface area contributed by atoms with Gasteiger partial charge in [0.15, 0.2) is 0 Å². The Kier molecular flexibility index (Phi) is 8.83. The predicted octanol–water partition coefficient (Wildman–Crippen LogP) is 7.37. The Balaban J connectivity index is 1.45. The molecular weight excluding hydrogens is 603 g/mol. The minimum absolute atomic E-state index is 0.0112. The Hall–Kier alpha value is -3.59. The first-order chi connectivity index (χ1) is 22.0. The summed E-state index contributed by atoms with van der Waals surface area (Å²) in [5.41, 5.74) is -1.19. The smallest absolute Gasteiger partial charge is 0.278 e. The average Bonchev–Trinajstić information content (AvgIpc) is 3.82. The summed E-state index contributed by atoms with van der Waals surface area (Å²) in [6.07, 6.45) is 1.18. The van der Waals surface area contributed by atoms with Crippen LogP contribution >= 0.6 is 0 Å². The van der Waals surface area contributed by atoms with E-state index in [-0.39, 0.29) is 43.5 Å². The third-order valence-corrected chi connectivity index (χ3v) is 10.2. The van der Waals surface area contributed by atoms with Crippen molar-refractivity contribution >= 4 is 16.9 Å². The molecule has 2 fully saturated rings. The van der Waals surface area contributed by atoms with Gasteiger partial charge in [0.05, 0.1) is 34.5 Å². The predicted molar refractivity (Wildman–Crippen MR) is 165 cm³/mol. The second-order valence-corrected chi connectivity index (χ2v) is 13.2. The van der Waals surface area contributed by atoms with Crippen molar-refractivity contribution < 1.29 is 22.0 Å². The molecule has 2 aromatic heterocycles. The minimum atomic E-state index is -3.50. The van der Waals surface area contributed by atoms with Gasteiger partial charge in [-0.15, -0.1) is 0 Å². The number of fused-ring (bicyclic) bond motifs is 9. The number of alkyl halides is 4. The van der Waals surface area contributed by atoms with Crippen LogP contribution in [0.1, 0.15) is 93.3 Å². The molecule has 7 rings (SSSR count). The summed E-state index contributed by atoms with van der Waals surface area (Å²) >= 11 is 0. The molecule has 1 aromatic carbocycles. The second kappa shape index (κ2) is 12.5. The molecule has 8 bridgehead atoms. The van der Waals surface area contributed by atoms with Crippen molar-refractivity contribution in [3.8, 4) is 6.07 Å². The van der Waals surface area contributed by atoms with Gasteiger partial charge in [0, 0.05) is 23.6 Å². The molecule has 2 atom stereocenters. The van der Waals surface area contributed by atoms with Gasteiger partial charge < -0.3 is 5.32 Å². The van der Waals surface area contributed by atoms with Crippen molar-refractivity contribution in [2.75, 3.05) is 18.4 Å². The molecule has 46 heavy (non-hydrogen) atoms. The number of anilines is 1. The van der Waals surface area contributed by atoms with Gasteiger partial charge in [-0.25, -0.2) is 31.9 Å². The van der Waals surface area contributed by atoms with E-state index in [1.165, 1.54) is 12.1 Å². The number of nitrogens with zero attached hydrogens (tertiary/aromatic N) is 5. The van der Waals surface area contributed by atoms with Gasteiger partial charge >= 0.3 is 0 Å². The molecule has 1 saturated heterocycles. The van der Waals surface area contributed by atoms with Gasteiger partial charge in [-0.05, 0) is 71.5 Å². The van der Waals surface area contributed by atoms with Gasteiger partial charge in [0.2, 0.25) is 0 Å². The van der Waals surface area contributed by atoms with Crippen LogP contribution in [0, 0.1) is 30.0 Å². The molecule has 4 aliphatic rings. The monoisotopic (exact) mass is 642 g/mol. The topological polar surface area (TPSA) is 86.8 Å². The minimum Gasteiger partial charge on any atom is -0.363 e. The summed E-state index contributed by atoms with van der Waals surface area (Å²) in [5.74, 6) is -5.04. The van der Waals surface area contributed by atoms with Crippen molar-refractivity contribution in [2.45, 2.75) is 108 Å². The highest BCUT2D eigenvalue weighted by molar-refractivity contribution is 5.88. The molecule has 1 unspecified atom stereocenters. The number of hydrogen-bond donors (Lipinski definition) is 1. The third-order valence-electron chi connectivity index (χ3n) is 10.2. The number of nitriles is 1. The van der Waals surface area contributed by atoms with E-state index in [2.05, 4.69) is 21.4 Å². The number of nitrogens with one attached hydrogen (secondary N) is 1.